The van der Waals surface area contributed by atoms with Gasteiger partial charge in [-0.1, -0.05) is 19.1 Å². The van der Waals surface area contributed by atoms with Crippen molar-refractivity contribution in [3.05, 3.63) is 45.4 Å². The lowest BCUT2D eigenvalue weighted by molar-refractivity contribution is -0.116. The van der Waals surface area contributed by atoms with Gasteiger partial charge in [0.2, 0.25) is 5.91 Å². The fraction of sp³-hybridized carbons (Fsp3) is 0.375. The van der Waals surface area contributed by atoms with Crippen LogP contribution in [-0.4, -0.2) is 10.9 Å². The standard InChI is InChI=1S/C16H20N2OS/c1-4-13-5-7-14(8-6-13)18-16(19)10-9-15-11(2)17-12(3)20-15/h5-8H,4,9-10H2,1-3H3,(H,18,19). The zero-order chi connectivity index (χ0) is 14.5. The second kappa shape index (κ2) is 6.66. The topological polar surface area (TPSA) is 42.0 Å². The molecule has 0 unspecified atom stereocenters. The van der Waals surface area contributed by atoms with Crippen LogP contribution in [-0.2, 0) is 17.6 Å². The molecule has 0 saturated carbocycles. The number of rotatable bonds is 5. The highest BCUT2D eigenvalue weighted by Gasteiger charge is 2.08. The van der Waals surface area contributed by atoms with Gasteiger partial charge in [0.15, 0.2) is 0 Å². The van der Waals surface area contributed by atoms with Crippen molar-refractivity contribution in [1.29, 1.82) is 0 Å². The molecule has 0 saturated heterocycles. The lowest BCUT2D eigenvalue weighted by atomic mass is 10.1. The molecule has 1 heterocycles. The SMILES string of the molecule is CCc1ccc(NC(=O)CCc2sc(C)nc2C)cc1. The molecule has 0 aliphatic carbocycles. The highest BCUT2D eigenvalue weighted by Crippen LogP contribution is 2.19. The summed E-state index contributed by atoms with van der Waals surface area (Å²) >= 11 is 1.68. The lowest BCUT2D eigenvalue weighted by Gasteiger charge is -2.05. The van der Waals surface area contributed by atoms with Gasteiger partial charge < -0.3 is 5.32 Å². The molecule has 2 rings (SSSR count). The van der Waals surface area contributed by atoms with Gasteiger partial charge in [0.1, 0.15) is 0 Å². The molecule has 2 aromatic rings. The normalized spacial score (nSPS) is 10.6. The Kier molecular flexibility index (Phi) is 4.90. The quantitative estimate of drug-likeness (QED) is 0.906. The van der Waals surface area contributed by atoms with Crippen molar-refractivity contribution in [3.8, 4) is 0 Å². The van der Waals surface area contributed by atoms with Crippen LogP contribution in [0.5, 0.6) is 0 Å². The van der Waals surface area contributed by atoms with Crippen LogP contribution in [0, 0.1) is 13.8 Å². The van der Waals surface area contributed by atoms with Crippen LogP contribution in [0.3, 0.4) is 0 Å². The van der Waals surface area contributed by atoms with Gasteiger partial charge in [-0.15, -0.1) is 11.3 Å². The molecule has 0 bridgehead atoms. The van der Waals surface area contributed by atoms with Crippen LogP contribution in [0.15, 0.2) is 24.3 Å². The number of benzene rings is 1. The van der Waals surface area contributed by atoms with E-state index in [2.05, 4.69) is 17.2 Å². The number of carbonyl (C=O) groups excluding carboxylic acids is 1. The van der Waals surface area contributed by atoms with Gasteiger partial charge in [-0.05, 0) is 44.4 Å². The Morgan fingerprint density at radius 1 is 1.25 bits per heavy atom. The molecular formula is C16H20N2OS. The number of aromatic nitrogens is 1. The lowest BCUT2D eigenvalue weighted by Crippen LogP contribution is -2.12. The largest absolute Gasteiger partial charge is 0.326 e. The summed E-state index contributed by atoms with van der Waals surface area (Å²) in [7, 11) is 0. The van der Waals surface area contributed by atoms with Gasteiger partial charge in [-0.25, -0.2) is 4.98 Å². The summed E-state index contributed by atoms with van der Waals surface area (Å²) in [6, 6.07) is 8.01. The molecule has 3 nitrogen and oxygen atoms in total. The number of nitrogens with one attached hydrogen (secondary N) is 1. The summed E-state index contributed by atoms with van der Waals surface area (Å²) < 4.78 is 0. The van der Waals surface area contributed by atoms with Crippen molar-refractivity contribution in [2.75, 3.05) is 5.32 Å². The van der Waals surface area contributed by atoms with Gasteiger partial charge in [-0.3, -0.25) is 4.79 Å². The second-order valence-electron chi connectivity index (χ2n) is 4.84. The molecule has 0 aliphatic heterocycles. The minimum atomic E-state index is 0.0553. The molecule has 1 aromatic carbocycles. The first kappa shape index (κ1) is 14.7. The molecule has 0 atom stereocenters. The predicted octanol–water partition coefficient (Wildman–Crippen LogP) is 3.89. The first-order valence-electron chi connectivity index (χ1n) is 6.90. The number of carbonyl (C=O) groups is 1. The molecule has 0 radical (unpaired) electrons. The summed E-state index contributed by atoms with van der Waals surface area (Å²) in [4.78, 5) is 17.5. The zero-order valence-corrected chi connectivity index (χ0v) is 13.0. The van der Waals surface area contributed by atoms with E-state index in [4.69, 9.17) is 0 Å². The second-order valence-corrected chi connectivity index (χ2v) is 6.13. The molecule has 1 N–H and O–H groups in total. The summed E-state index contributed by atoms with van der Waals surface area (Å²) in [5.74, 6) is 0.0553. The van der Waals surface area contributed by atoms with E-state index in [0.717, 1.165) is 29.2 Å². The molecule has 0 fully saturated rings. The molecule has 20 heavy (non-hydrogen) atoms. The number of hydrogen-bond donors (Lipinski definition) is 1. The average molecular weight is 288 g/mol. The molecule has 0 spiro atoms. The Labute approximate surface area is 124 Å². The number of amides is 1. The van der Waals surface area contributed by atoms with Crippen LogP contribution in [0.4, 0.5) is 5.69 Å². The zero-order valence-electron chi connectivity index (χ0n) is 12.2. The highest BCUT2D eigenvalue weighted by atomic mass is 32.1. The van der Waals surface area contributed by atoms with Gasteiger partial charge in [-0.2, -0.15) is 0 Å². The van der Waals surface area contributed by atoms with Crippen LogP contribution < -0.4 is 5.32 Å². The summed E-state index contributed by atoms with van der Waals surface area (Å²) in [5.41, 5.74) is 3.19. The van der Waals surface area contributed by atoms with Crippen molar-refractivity contribution in [2.24, 2.45) is 0 Å². The molecule has 0 aliphatic rings. The minimum Gasteiger partial charge on any atom is -0.326 e. The fourth-order valence-electron chi connectivity index (χ4n) is 2.08. The van der Waals surface area contributed by atoms with E-state index in [-0.39, 0.29) is 5.91 Å². The minimum absolute atomic E-state index is 0.0553. The van der Waals surface area contributed by atoms with Gasteiger partial charge in [0.25, 0.3) is 0 Å². The van der Waals surface area contributed by atoms with Crippen molar-refractivity contribution in [2.45, 2.75) is 40.0 Å². The number of nitrogens with zero attached hydrogens (tertiary/aromatic N) is 1. The molecule has 4 heteroatoms. The highest BCUT2D eigenvalue weighted by molar-refractivity contribution is 7.11. The van der Waals surface area contributed by atoms with E-state index in [9.17, 15) is 4.79 Å². The first-order valence-corrected chi connectivity index (χ1v) is 7.72. The average Bonchev–Trinajstić information content (AvgIpc) is 2.75. The maximum Gasteiger partial charge on any atom is 0.224 e. The van der Waals surface area contributed by atoms with E-state index in [0.29, 0.717) is 6.42 Å². The molecular weight excluding hydrogens is 268 g/mol. The number of anilines is 1. The Bertz CT molecular complexity index is 587. The van der Waals surface area contributed by atoms with E-state index in [1.807, 2.05) is 38.1 Å². The Morgan fingerprint density at radius 3 is 2.50 bits per heavy atom. The maximum atomic E-state index is 11.9. The van der Waals surface area contributed by atoms with Crippen LogP contribution in [0.2, 0.25) is 0 Å². The third-order valence-electron chi connectivity index (χ3n) is 3.22. The van der Waals surface area contributed by atoms with Gasteiger partial charge in [0.05, 0.1) is 10.7 Å². The van der Waals surface area contributed by atoms with E-state index >= 15 is 0 Å². The molecule has 1 aromatic heterocycles. The molecule has 106 valence electrons. The Balaban J connectivity index is 1.87. The van der Waals surface area contributed by atoms with E-state index in [1.165, 1.54) is 10.4 Å². The van der Waals surface area contributed by atoms with Crippen molar-refractivity contribution >= 4 is 22.9 Å². The summed E-state index contributed by atoms with van der Waals surface area (Å²) in [5, 5.41) is 4.00. The van der Waals surface area contributed by atoms with Crippen molar-refractivity contribution < 1.29 is 4.79 Å². The van der Waals surface area contributed by atoms with Crippen molar-refractivity contribution in [3.63, 3.8) is 0 Å². The summed E-state index contributed by atoms with van der Waals surface area (Å²) in [6.45, 7) is 6.11. The number of thiazole rings is 1. The number of hydrogen-bond acceptors (Lipinski definition) is 3. The van der Waals surface area contributed by atoms with Crippen molar-refractivity contribution in [1.82, 2.24) is 4.98 Å². The maximum absolute atomic E-state index is 11.9. The fourth-order valence-corrected chi connectivity index (χ4v) is 3.02. The monoisotopic (exact) mass is 288 g/mol. The van der Waals surface area contributed by atoms with Gasteiger partial charge >= 0.3 is 0 Å². The smallest absolute Gasteiger partial charge is 0.224 e. The van der Waals surface area contributed by atoms with E-state index < -0.39 is 0 Å². The Hall–Kier alpha value is -1.68. The van der Waals surface area contributed by atoms with Crippen LogP contribution >= 0.6 is 11.3 Å². The Morgan fingerprint density at radius 2 is 1.95 bits per heavy atom. The van der Waals surface area contributed by atoms with Crippen LogP contribution in [0.1, 0.15) is 34.5 Å². The third kappa shape index (κ3) is 3.90. The summed E-state index contributed by atoms with van der Waals surface area (Å²) in [6.07, 6.45) is 2.27. The molecule has 1 amide bonds. The van der Waals surface area contributed by atoms with Crippen LogP contribution in [0.25, 0.3) is 0 Å². The van der Waals surface area contributed by atoms with E-state index in [1.54, 1.807) is 11.3 Å². The first-order chi connectivity index (χ1) is 9.58. The number of aryl methyl sites for hydroxylation is 4. The third-order valence-corrected chi connectivity index (χ3v) is 4.36. The predicted molar refractivity (Wildman–Crippen MR) is 84.4 cm³/mol. The van der Waals surface area contributed by atoms with Gasteiger partial charge in [0, 0.05) is 17.0 Å².